The maximum Gasteiger partial charge on any atom is 0.225 e. The molecule has 5 heteroatoms. The molecule has 1 aromatic heterocycles. The fourth-order valence-corrected chi connectivity index (χ4v) is 3.68. The van der Waals surface area contributed by atoms with Gasteiger partial charge in [-0.05, 0) is 24.3 Å². The second-order valence-electron chi connectivity index (χ2n) is 4.29. The molecule has 2 rings (SSSR count). The Balaban J connectivity index is 1.53. The molecule has 1 N–H and O–H groups in total. The molecular formula is C13H19NO2S2. The summed E-state index contributed by atoms with van der Waals surface area (Å²) in [5, 5.41) is 5.70. The third kappa shape index (κ3) is 5.00. The van der Waals surface area contributed by atoms with E-state index in [1.807, 2.05) is 29.3 Å². The van der Waals surface area contributed by atoms with E-state index in [2.05, 4.69) is 5.32 Å². The smallest absolute Gasteiger partial charge is 0.225 e. The Morgan fingerprint density at radius 1 is 1.50 bits per heavy atom. The lowest BCUT2D eigenvalue weighted by atomic mass is 10.2. The third-order valence-electron chi connectivity index (χ3n) is 2.86. The van der Waals surface area contributed by atoms with Crippen LogP contribution in [0, 0.1) is 0 Å². The minimum Gasteiger partial charge on any atom is -0.381 e. The lowest BCUT2D eigenvalue weighted by Gasteiger charge is -2.21. The second kappa shape index (κ2) is 7.81. The highest BCUT2D eigenvalue weighted by Crippen LogP contribution is 2.21. The van der Waals surface area contributed by atoms with E-state index in [0.29, 0.717) is 11.7 Å². The van der Waals surface area contributed by atoms with Gasteiger partial charge < -0.3 is 10.1 Å². The molecule has 100 valence electrons. The summed E-state index contributed by atoms with van der Waals surface area (Å²) in [5.74, 6) is 1.13. The summed E-state index contributed by atoms with van der Waals surface area (Å²) in [6.45, 7) is 2.55. The molecule has 1 aromatic rings. The van der Waals surface area contributed by atoms with Gasteiger partial charge in [-0.25, -0.2) is 0 Å². The highest BCUT2D eigenvalue weighted by atomic mass is 32.2. The minimum absolute atomic E-state index is 0.130. The molecule has 0 aromatic carbocycles. The molecule has 1 fully saturated rings. The highest BCUT2D eigenvalue weighted by Gasteiger charge is 2.13. The zero-order chi connectivity index (χ0) is 12.6. The fraction of sp³-hybridized carbons (Fsp3) is 0.615. The number of ether oxygens (including phenoxy) is 1. The van der Waals surface area contributed by atoms with E-state index >= 15 is 0 Å². The van der Waals surface area contributed by atoms with Crippen molar-refractivity contribution < 1.29 is 9.53 Å². The van der Waals surface area contributed by atoms with Crippen molar-refractivity contribution in [1.82, 2.24) is 5.32 Å². The van der Waals surface area contributed by atoms with Gasteiger partial charge in [-0.15, -0.1) is 11.3 Å². The van der Waals surface area contributed by atoms with Crippen LogP contribution in [-0.2, 0) is 16.0 Å². The first-order valence-electron chi connectivity index (χ1n) is 6.33. The van der Waals surface area contributed by atoms with Gasteiger partial charge in [0, 0.05) is 35.6 Å². The average molecular weight is 285 g/mol. The zero-order valence-corrected chi connectivity index (χ0v) is 12.0. The molecule has 0 bridgehead atoms. The summed E-state index contributed by atoms with van der Waals surface area (Å²) in [6, 6.07) is 3.98. The number of thiophene rings is 1. The van der Waals surface area contributed by atoms with Crippen molar-refractivity contribution in [3.05, 3.63) is 22.4 Å². The van der Waals surface area contributed by atoms with E-state index in [4.69, 9.17) is 4.74 Å². The summed E-state index contributed by atoms with van der Waals surface area (Å²) in [6.07, 6.45) is 2.81. The van der Waals surface area contributed by atoms with E-state index in [1.54, 1.807) is 11.3 Å². The molecule has 1 amide bonds. The van der Waals surface area contributed by atoms with Crippen LogP contribution >= 0.6 is 23.1 Å². The zero-order valence-electron chi connectivity index (χ0n) is 10.4. The predicted octanol–water partition coefficient (Wildman–Crippen LogP) is 2.32. The van der Waals surface area contributed by atoms with Crippen LogP contribution in [0.1, 0.15) is 17.7 Å². The maximum absolute atomic E-state index is 11.6. The van der Waals surface area contributed by atoms with Gasteiger partial charge in [-0.2, -0.15) is 11.8 Å². The van der Waals surface area contributed by atoms with Crippen molar-refractivity contribution in [2.24, 2.45) is 0 Å². The molecule has 2 heterocycles. The Morgan fingerprint density at radius 2 is 2.33 bits per heavy atom. The van der Waals surface area contributed by atoms with E-state index in [-0.39, 0.29) is 5.91 Å². The van der Waals surface area contributed by atoms with Crippen molar-refractivity contribution in [1.29, 1.82) is 0 Å². The fourth-order valence-electron chi connectivity index (χ4n) is 1.89. The highest BCUT2D eigenvalue weighted by molar-refractivity contribution is 7.99. The Hall–Kier alpha value is -0.520. The normalized spacial score (nSPS) is 16.7. The molecule has 0 aliphatic carbocycles. The van der Waals surface area contributed by atoms with Gasteiger partial charge in [0.15, 0.2) is 0 Å². The number of amides is 1. The van der Waals surface area contributed by atoms with Gasteiger partial charge in [0.25, 0.3) is 0 Å². The van der Waals surface area contributed by atoms with Crippen LogP contribution < -0.4 is 5.32 Å². The Bertz CT molecular complexity index is 348. The lowest BCUT2D eigenvalue weighted by molar-refractivity contribution is -0.120. The van der Waals surface area contributed by atoms with Crippen molar-refractivity contribution in [3.8, 4) is 0 Å². The van der Waals surface area contributed by atoms with Gasteiger partial charge in [-0.3, -0.25) is 4.79 Å². The van der Waals surface area contributed by atoms with Gasteiger partial charge in [0.2, 0.25) is 5.91 Å². The third-order valence-corrected chi connectivity index (χ3v) is 5.12. The molecular weight excluding hydrogens is 266 g/mol. The van der Waals surface area contributed by atoms with E-state index in [1.165, 1.54) is 0 Å². The second-order valence-corrected chi connectivity index (χ2v) is 6.73. The molecule has 0 spiro atoms. The Morgan fingerprint density at radius 3 is 3.06 bits per heavy atom. The summed E-state index contributed by atoms with van der Waals surface area (Å²) >= 11 is 3.59. The van der Waals surface area contributed by atoms with E-state index in [9.17, 15) is 4.79 Å². The number of carbonyl (C=O) groups excluding carboxylic acids is 1. The Labute approximate surface area is 116 Å². The molecule has 0 radical (unpaired) electrons. The van der Waals surface area contributed by atoms with Crippen LogP contribution in [0.25, 0.3) is 0 Å². The van der Waals surface area contributed by atoms with Gasteiger partial charge in [-0.1, -0.05) is 6.07 Å². The van der Waals surface area contributed by atoms with Crippen molar-refractivity contribution in [2.45, 2.75) is 24.5 Å². The molecule has 18 heavy (non-hydrogen) atoms. The molecule has 1 aliphatic rings. The van der Waals surface area contributed by atoms with Crippen LogP contribution in [0.5, 0.6) is 0 Å². The maximum atomic E-state index is 11.6. The number of carbonyl (C=O) groups is 1. The SMILES string of the molecule is O=C(Cc1cccs1)NCCSC1CCOCC1. The van der Waals surface area contributed by atoms with Crippen molar-refractivity contribution in [3.63, 3.8) is 0 Å². The van der Waals surface area contributed by atoms with Crippen LogP contribution in [0.2, 0.25) is 0 Å². The van der Waals surface area contributed by atoms with Crippen molar-refractivity contribution in [2.75, 3.05) is 25.5 Å². The van der Waals surface area contributed by atoms with Crippen LogP contribution in [0.15, 0.2) is 17.5 Å². The first-order valence-corrected chi connectivity index (χ1v) is 8.26. The van der Waals surface area contributed by atoms with E-state index in [0.717, 1.165) is 43.2 Å². The van der Waals surface area contributed by atoms with Crippen molar-refractivity contribution >= 4 is 29.0 Å². The molecule has 0 saturated carbocycles. The number of hydrogen-bond donors (Lipinski definition) is 1. The predicted molar refractivity (Wildman–Crippen MR) is 77.3 cm³/mol. The quantitative estimate of drug-likeness (QED) is 0.815. The number of rotatable bonds is 6. The average Bonchev–Trinajstić information content (AvgIpc) is 2.89. The standard InChI is InChI=1S/C13H19NO2S2/c15-13(10-12-2-1-8-17-12)14-5-9-18-11-3-6-16-7-4-11/h1-2,8,11H,3-7,9-10H2,(H,14,15). The minimum atomic E-state index is 0.130. The van der Waals surface area contributed by atoms with Crippen LogP contribution in [0.4, 0.5) is 0 Å². The molecule has 3 nitrogen and oxygen atoms in total. The Kier molecular flexibility index (Phi) is 6.04. The molecule has 1 aliphatic heterocycles. The molecule has 1 saturated heterocycles. The van der Waals surface area contributed by atoms with Gasteiger partial charge in [0.1, 0.15) is 0 Å². The first-order chi connectivity index (χ1) is 8.84. The molecule has 0 unspecified atom stereocenters. The van der Waals surface area contributed by atoms with Gasteiger partial charge >= 0.3 is 0 Å². The van der Waals surface area contributed by atoms with Crippen LogP contribution in [-0.4, -0.2) is 36.7 Å². The van der Waals surface area contributed by atoms with Crippen LogP contribution in [0.3, 0.4) is 0 Å². The lowest BCUT2D eigenvalue weighted by Crippen LogP contribution is -2.28. The first kappa shape index (κ1) is 13.9. The monoisotopic (exact) mass is 285 g/mol. The topological polar surface area (TPSA) is 38.3 Å². The van der Waals surface area contributed by atoms with E-state index < -0.39 is 0 Å². The van der Waals surface area contributed by atoms with Gasteiger partial charge in [0.05, 0.1) is 6.42 Å². The summed E-state index contributed by atoms with van der Waals surface area (Å²) in [7, 11) is 0. The number of hydrogen-bond acceptors (Lipinski definition) is 4. The molecule has 0 atom stereocenters. The summed E-state index contributed by atoms with van der Waals surface area (Å²) in [5.41, 5.74) is 0. The largest absolute Gasteiger partial charge is 0.381 e. The number of thioether (sulfide) groups is 1. The number of nitrogens with one attached hydrogen (secondary N) is 1. The summed E-state index contributed by atoms with van der Waals surface area (Å²) < 4.78 is 5.32. The summed E-state index contributed by atoms with van der Waals surface area (Å²) in [4.78, 5) is 12.8.